The van der Waals surface area contributed by atoms with Gasteiger partial charge in [0, 0.05) is 25.7 Å². The van der Waals surface area contributed by atoms with Gasteiger partial charge in [0.15, 0.2) is 0 Å². The fourth-order valence-corrected chi connectivity index (χ4v) is 4.60. The minimum atomic E-state index is -0.241. The van der Waals surface area contributed by atoms with Gasteiger partial charge < -0.3 is 10.2 Å². The fraction of sp³-hybridized carbons (Fsp3) is 0.938. The molecule has 3 unspecified atom stereocenters. The lowest BCUT2D eigenvalue weighted by Crippen LogP contribution is -2.51. The molecule has 2 heterocycles. The van der Waals surface area contributed by atoms with Crippen molar-refractivity contribution >= 4 is 0 Å². The van der Waals surface area contributed by atoms with Gasteiger partial charge in [0.2, 0.25) is 0 Å². The molecule has 3 atom stereocenters. The van der Waals surface area contributed by atoms with E-state index in [0.29, 0.717) is 5.92 Å². The first kappa shape index (κ1) is 14.3. The van der Waals surface area contributed by atoms with E-state index in [1.165, 1.54) is 64.8 Å². The summed E-state index contributed by atoms with van der Waals surface area (Å²) in [7, 11) is 1.96. The van der Waals surface area contributed by atoms with Gasteiger partial charge >= 0.3 is 0 Å². The fourth-order valence-electron chi connectivity index (χ4n) is 4.60. The monoisotopic (exact) mass is 276 g/mol. The molecule has 3 fully saturated rings. The van der Waals surface area contributed by atoms with Crippen LogP contribution in [-0.2, 0) is 0 Å². The van der Waals surface area contributed by atoms with Gasteiger partial charge in [-0.2, -0.15) is 5.26 Å². The Labute approximate surface area is 123 Å². The van der Waals surface area contributed by atoms with Crippen LogP contribution in [0.5, 0.6) is 0 Å². The van der Waals surface area contributed by atoms with Crippen molar-refractivity contribution < 1.29 is 0 Å². The Bertz CT molecular complexity index is 377. The van der Waals surface area contributed by atoms with Gasteiger partial charge in [-0.15, -0.1) is 0 Å². The molecular formula is C16H28N4. The lowest BCUT2D eigenvalue weighted by molar-refractivity contribution is 0.0970. The zero-order valence-corrected chi connectivity index (χ0v) is 12.8. The highest BCUT2D eigenvalue weighted by atomic mass is 15.3. The van der Waals surface area contributed by atoms with E-state index in [-0.39, 0.29) is 5.54 Å². The van der Waals surface area contributed by atoms with Gasteiger partial charge in [-0.05, 0) is 58.2 Å². The van der Waals surface area contributed by atoms with Gasteiger partial charge in [-0.3, -0.25) is 4.90 Å². The molecule has 0 aromatic heterocycles. The van der Waals surface area contributed by atoms with E-state index >= 15 is 0 Å². The minimum absolute atomic E-state index is 0.241. The van der Waals surface area contributed by atoms with Gasteiger partial charge in [0.05, 0.1) is 6.07 Å². The summed E-state index contributed by atoms with van der Waals surface area (Å²) in [5.41, 5.74) is -0.241. The molecule has 0 radical (unpaired) electrons. The highest BCUT2D eigenvalue weighted by Crippen LogP contribution is 2.37. The molecule has 0 bridgehead atoms. The summed E-state index contributed by atoms with van der Waals surface area (Å²) in [5, 5.41) is 12.8. The Kier molecular flexibility index (Phi) is 4.30. The zero-order chi connectivity index (χ0) is 14.0. The third-order valence-corrected chi connectivity index (χ3v) is 5.93. The van der Waals surface area contributed by atoms with Crippen LogP contribution < -0.4 is 5.32 Å². The molecule has 1 saturated carbocycles. The topological polar surface area (TPSA) is 42.3 Å². The highest BCUT2D eigenvalue weighted by molar-refractivity contribution is 5.13. The number of hydrogen-bond donors (Lipinski definition) is 1. The second-order valence-electron chi connectivity index (χ2n) is 6.84. The predicted molar refractivity (Wildman–Crippen MR) is 80.4 cm³/mol. The Morgan fingerprint density at radius 3 is 2.95 bits per heavy atom. The number of piperazine rings is 1. The van der Waals surface area contributed by atoms with Gasteiger partial charge in [-0.25, -0.2) is 0 Å². The maximum atomic E-state index is 9.51. The third-order valence-electron chi connectivity index (χ3n) is 5.93. The van der Waals surface area contributed by atoms with E-state index in [0.717, 1.165) is 12.5 Å². The van der Waals surface area contributed by atoms with Crippen molar-refractivity contribution in [3.8, 4) is 6.07 Å². The molecule has 0 amide bonds. The molecule has 0 spiro atoms. The molecule has 1 aliphatic carbocycles. The molecule has 112 valence electrons. The zero-order valence-electron chi connectivity index (χ0n) is 12.8. The number of hydrogen-bond acceptors (Lipinski definition) is 4. The quantitative estimate of drug-likeness (QED) is 0.844. The second-order valence-corrected chi connectivity index (χ2v) is 6.84. The van der Waals surface area contributed by atoms with Gasteiger partial charge in [0.25, 0.3) is 0 Å². The molecule has 2 saturated heterocycles. The lowest BCUT2D eigenvalue weighted by Gasteiger charge is -2.38. The molecule has 2 aliphatic heterocycles. The van der Waals surface area contributed by atoms with Crippen LogP contribution in [0.25, 0.3) is 0 Å². The molecule has 4 nitrogen and oxygen atoms in total. The second kappa shape index (κ2) is 6.01. The predicted octanol–water partition coefficient (Wildman–Crippen LogP) is 1.44. The van der Waals surface area contributed by atoms with E-state index in [4.69, 9.17) is 0 Å². The van der Waals surface area contributed by atoms with Gasteiger partial charge in [-0.1, -0.05) is 6.42 Å². The Hall–Kier alpha value is -0.630. The minimum Gasteiger partial charge on any atom is -0.302 e. The standard InChI is InChI=1S/C16H28N4/c1-18-16(13-17)7-2-4-14(16)6-9-19-10-11-20-8-3-5-15(20)12-19/h14-15,18H,2-12H2,1H3. The smallest absolute Gasteiger partial charge is 0.109 e. The summed E-state index contributed by atoms with van der Waals surface area (Å²) in [5.74, 6) is 0.541. The van der Waals surface area contributed by atoms with Crippen LogP contribution in [0.4, 0.5) is 0 Å². The molecule has 20 heavy (non-hydrogen) atoms. The van der Waals surface area contributed by atoms with Crippen LogP contribution in [0.3, 0.4) is 0 Å². The molecule has 0 aromatic carbocycles. The Morgan fingerprint density at radius 1 is 1.25 bits per heavy atom. The third kappa shape index (κ3) is 2.59. The van der Waals surface area contributed by atoms with Crippen molar-refractivity contribution in [1.82, 2.24) is 15.1 Å². The van der Waals surface area contributed by atoms with E-state index < -0.39 is 0 Å². The van der Waals surface area contributed by atoms with Crippen LogP contribution >= 0.6 is 0 Å². The van der Waals surface area contributed by atoms with Crippen molar-refractivity contribution in [2.24, 2.45) is 5.92 Å². The van der Waals surface area contributed by atoms with Crippen molar-refractivity contribution in [2.75, 3.05) is 39.8 Å². The van der Waals surface area contributed by atoms with Crippen LogP contribution in [0.2, 0.25) is 0 Å². The summed E-state index contributed by atoms with van der Waals surface area (Å²) in [6, 6.07) is 3.38. The first-order chi connectivity index (χ1) is 9.77. The van der Waals surface area contributed by atoms with E-state index in [9.17, 15) is 5.26 Å². The first-order valence-electron chi connectivity index (χ1n) is 8.34. The Morgan fingerprint density at radius 2 is 2.15 bits per heavy atom. The van der Waals surface area contributed by atoms with Crippen LogP contribution in [-0.4, -0.2) is 61.2 Å². The number of nitrogens with zero attached hydrogens (tertiary/aromatic N) is 3. The number of fused-ring (bicyclic) bond motifs is 1. The number of rotatable bonds is 4. The molecule has 0 aromatic rings. The van der Waals surface area contributed by atoms with Crippen LogP contribution in [0.15, 0.2) is 0 Å². The largest absolute Gasteiger partial charge is 0.302 e. The number of nitrogens with one attached hydrogen (secondary N) is 1. The van der Waals surface area contributed by atoms with Crippen LogP contribution in [0, 0.1) is 17.2 Å². The average molecular weight is 276 g/mol. The number of nitriles is 1. The van der Waals surface area contributed by atoms with E-state index in [2.05, 4.69) is 21.2 Å². The summed E-state index contributed by atoms with van der Waals surface area (Å²) < 4.78 is 0. The summed E-state index contributed by atoms with van der Waals surface area (Å²) in [6.07, 6.45) is 7.41. The normalized spacial score (nSPS) is 38.8. The van der Waals surface area contributed by atoms with Crippen molar-refractivity contribution in [3.63, 3.8) is 0 Å². The Balaban J connectivity index is 1.51. The maximum Gasteiger partial charge on any atom is 0.109 e. The highest BCUT2D eigenvalue weighted by Gasteiger charge is 2.42. The van der Waals surface area contributed by atoms with Crippen molar-refractivity contribution in [3.05, 3.63) is 0 Å². The maximum absolute atomic E-state index is 9.51. The van der Waals surface area contributed by atoms with Crippen LogP contribution in [0.1, 0.15) is 38.5 Å². The van der Waals surface area contributed by atoms with E-state index in [1.54, 1.807) is 0 Å². The molecule has 4 heteroatoms. The lowest BCUT2D eigenvalue weighted by atomic mass is 9.86. The molecule has 3 aliphatic rings. The summed E-state index contributed by atoms with van der Waals surface area (Å²) >= 11 is 0. The van der Waals surface area contributed by atoms with Gasteiger partial charge in [0.1, 0.15) is 5.54 Å². The molecule has 1 N–H and O–H groups in total. The molecule has 3 rings (SSSR count). The summed E-state index contributed by atoms with van der Waals surface area (Å²) in [6.45, 7) is 6.23. The SMILES string of the molecule is CNC1(C#N)CCCC1CCN1CCN2CCCC2C1. The van der Waals surface area contributed by atoms with Crippen molar-refractivity contribution in [2.45, 2.75) is 50.1 Å². The molecular weight excluding hydrogens is 248 g/mol. The average Bonchev–Trinajstić information content (AvgIpc) is 3.11. The first-order valence-corrected chi connectivity index (χ1v) is 8.34. The summed E-state index contributed by atoms with van der Waals surface area (Å²) in [4.78, 5) is 5.31. The van der Waals surface area contributed by atoms with E-state index in [1.807, 2.05) is 7.05 Å². The van der Waals surface area contributed by atoms with Crippen molar-refractivity contribution in [1.29, 1.82) is 5.26 Å².